The molecular weight excluding hydrogens is 319 g/mol. The molecule has 2 rings (SSSR count). The molecule has 1 amide bonds. The Morgan fingerprint density at radius 2 is 1.88 bits per heavy atom. The largest absolute Gasteiger partial charge is 0.480 e. The molecule has 2 aromatic rings. The van der Waals surface area contributed by atoms with Gasteiger partial charge in [0.2, 0.25) is 0 Å². The molecule has 0 aliphatic heterocycles. The van der Waals surface area contributed by atoms with Gasteiger partial charge in [0.15, 0.2) is 6.10 Å². The Morgan fingerprint density at radius 3 is 2.50 bits per heavy atom. The predicted octanol–water partition coefficient (Wildman–Crippen LogP) is 4.81. The van der Waals surface area contributed by atoms with Gasteiger partial charge in [-0.1, -0.05) is 31.2 Å². The number of anilines is 1. The van der Waals surface area contributed by atoms with Crippen LogP contribution in [-0.4, -0.2) is 12.0 Å². The molecule has 0 aliphatic carbocycles. The quantitative estimate of drug-likeness (QED) is 0.850. The van der Waals surface area contributed by atoms with Crippen molar-refractivity contribution in [3.05, 3.63) is 59.7 Å². The lowest BCUT2D eigenvalue weighted by molar-refractivity contribution is -0.137. The molecule has 0 radical (unpaired) electrons. The molecule has 0 bridgehead atoms. The van der Waals surface area contributed by atoms with Crippen LogP contribution >= 0.6 is 0 Å². The highest BCUT2D eigenvalue weighted by atomic mass is 19.4. The predicted molar refractivity (Wildman–Crippen MR) is 86.0 cm³/mol. The van der Waals surface area contributed by atoms with Gasteiger partial charge in [-0.25, -0.2) is 0 Å². The van der Waals surface area contributed by atoms with Gasteiger partial charge in [-0.3, -0.25) is 4.79 Å². The molecule has 0 aromatic heterocycles. The second kappa shape index (κ2) is 7.38. The third-order valence-electron chi connectivity index (χ3n) is 3.48. The van der Waals surface area contributed by atoms with E-state index < -0.39 is 23.8 Å². The maximum absolute atomic E-state index is 12.7. The number of hydrogen-bond acceptors (Lipinski definition) is 2. The lowest BCUT2D eigenvalue weighted by atomic mass is 10.1. The van der Waals surface area contributed by atoms with Crippen molar-refractivity contribution in [2.24, 2.45) is 0 Å². The van der Waals surface area contributed by atoms with Gasteiger partial charge in [-0.15, -0.1) is 0 Å². The van der Waals surface area contributed by atoms with Crippen molar-refractivity contribution in [1.82, 2.24) is 0 Å². The lowest BCUT2D eigenvalue weighted by Gasteiger charge is -2.19. The van der Waals surface area contributed by atoms with Crippen molar-refractivity contribution in [3.8, 4) is 5.75 Å². The molecule has 0 spiro atoms. The monoisotopic (exact) mass is 337 g/mol. The smallest absolute Gasteiger partial charge is 0.416 e. The average Bonchev–Trinajstić information content (AvgIpc) is 2.53. The van der Waals surface area contributed by atoms with Crippen LogP contribution in [0.1, 0.15) is 24.5 Å². The molecule has 1 atom stereocenters. The van der Waals surface area contributed by atoms with Crippen LogP contribution in [0.3, 0.4) is 0 Å². The van der Waals surface area contributed by atoms with Gasteiger partial charge >= 0.3 is 6.18 Å². The number of para-hydroxylation sites is 1. The fourth-order valence-electron chi connectivity index (χ4n) is 2.16. The van der Waals surface area contributed by atoms with E-state index in [0.29, 0.717) is 12.2 Å². The Labute approximate surface area is 138 Å². The van der Waals surface area contributed by atoms with Crippen LogP contribution in [0.2, 0.25) is 0 Å². The summed E-state index contributed by atoms with van der Waals surface area (Å²) in [5.41, 5.74) is 0.151. The van der Waals surface area contributed by atoms with Gasteiger partial charge < -0.3 is 10.1 Å². The Hall–Kier alpha value is -2.50. The van der Waals surface area contributed by atoms with Gasteiger partial charge in [0.1, 0.15) is 5.75 Å². The highest BCUT2D eigenvalue weighted by Gasteiger charge is 2.30. The summed E-state index contributed by atoms with van der Waals surface area (Å²) in [5, 5.41) is 2.48. The minimum atomic E-state index is -4.46. The number of hydrogen-bond donors (Lipinski definition) is 1. The van der Waals surface area contributed by atoms with E-state index in [9.17, 15) is 18.0 Å². The van der Waals surface area contributed by atoms with E-state index in [2.05, 4.69) is 5.32 Å². The molecule has 0 fully saturated rings. The fraction of sp³-hybridized carbons (Fsp3) is 0.278. The summed E-state index contributed by atoms with van der Waals surface area (Å²) < 4.78 is 43.9. The number of ether oxygens (including phenoxy) is 1. The zero-order valence-corrected chi connectivity index (χ0v) is 13.4. The molecule has 0 aliphatic rings. The molecule has 0 saturated heterocycles. The first kappa shape index (κ1) is 17.8. The molecule has 0 saturated carbocycles. The first-order valence-electron chi connectivity index (χ1n) is 7.51. The molecule has 3 nitrogen and oxygen atoms in total. The van der Waals surface area contributed by atoms with Crippen molar-refractivity contribution in [2.75, 3.05) is 5.32 Å². The van der Waals surface area contributed by atoms with Crippen LogP contribution < -0.4 is 10.1 Å². The van der Waals surface area contributed by atoms with E-state index in [1.807, 2.05) is 19.1 Å². The van der Waals surface area contributed by atoms with Crippen LogP contribution in [0.15, 0.2) is 48.5 Å². The van der Waals surface area contributed by atoms with Crippen LogP contribution in [-0.2, 0) is 11.0 Å². The van der Waals surface area contributed by atoms with Crippen LogP contribution in [0.25, 0.3) is 0 Å². The van der Waals surface area contributed by atoms with Crippen LogP contribution in [0.4, 0.5) is 18.9 Å². The second-order valence-corrected chi connectivity index (χ2v) is 5.35. The van der Waals surface area contributed by atoms with Crippen molar-refractivity contribution < 1.29 is 22.7 Å². The van der Waals surface area contributed by atoms with E-state index in [4.69, 9.17) is 4.74 Å². The summed E-state index contributed by atoms with van der Waals surface area (Å²) in [4.78, 5) is 12.3. The zero-order valence-electron chi connectivity index (χ0n) is 13.4. The second-order valence-electron chi connectivity index (χ2n) is 5.35. The molecule has 6 heteroatoms. The number of rotatable bonds is 5. The summed E-state index contributed by atoms with van der Waals surface area (Å²) in [6.07, 6.45) is -4.86. The lowest BCUT2D eigenvalue weighted by Crippen LogP contribution is -2.32. The topological polar surface area (TPSA) is 38.3 Å². The number of halogens is 3. The Bertz CT molecular complexity index is 713. The summed E-state index contributed by atoms with van der Waals surface area (Å²) in [6, 6.07) is 11.8. The van der Waals surface area contributed by atoms with E-state index in [0.717, 1.165) is 17.7 Å². The normalized spacial score (nSPS) is 12.5. The van der Waals surface area contributed by atoms with Crippen molar-refractivity contribution in [1.29, 1.82) is 0 Å². The third kappa shape index (κ3) is 4.50. The molecular formula is C18H18F3NO2. The van der Waals surface area contributed by atoms with E-state index in [1.54, 1.807) is 19.1 Å². The number of carbonyl (C=O) groups excluding carboxylic acids is 1. The third-order valence-corrected chi connectivity index (χ3v) is 3.48. The maximum Gasteiger partial charge on any atom is 0.416 e. The highest BCUT2D eigenvalue weighted by Crippen LogP contribution is 2.30. The number of aryl methyl sites for hydroxylation is 1. The highest BCUT2D eigenvalue weighted by molar-refractivity contribution is 5.94. The number of nitrogens with one attached hydrogen (secondary N) is 1. The SMILES string of the molecule is CC[C@H](Oc1ccccc1C)C(=O)Nc1cccc(C(F)(F)F)c1. The summed E-state index contributed by atoms with van der Waals surface area (Å²) in [7, 11) is 0. The summed E-state index contributed by atoms with van der Waals surface area (Å²) >= 11 is 0. The Kier molecular flexibility index (Phi) is 5.49. The summed E-state index contributed by atoms with van der Waals surface area (Å²) in [6.45, 7) is 3.63. The zero-order chi connectivity index (χ0) is 17.7. The molecule has 1 N–H and O–H groups in total. The van der Waals surface area contributed by atoms with E-state index in [-0.39, 0.29) is 5.69 Å². The molecule has 0 heterocycles. The number of alkyl halides is 3. The fourth-order valence-corrected chi connectivity index (χ4v) is 2.16. The Balaban J connectivity index is 2.11. The number of carbonyl (C=O) groups is 1. The van der Waals surface area contributed by atoms with Gasteiger partial charge in [-0.2, -0.15) is 13.2 Å². The number of benzene rings is 2. The van der Waals surface area contributed by atoms with Gasteiger partial charge in [0, 0.05) is 5.69 Å². The van der Waals surface area contributed by atoms with E-state index in [1.165, 1.54) is 12.1 Å². The van der Waals surface area contributed by atoms with Crippen LogP contribution in [0.5, 0.6) is 5.75 Å². The Morgan fingerprint density at radius 1 is 1.17 bits per heavy atom. The molecule has 2 aromatic carbocycles. The molecule has 0 unspecified atom stereocenters. The summed E-state index contributed by atoms with van der Waals surface area (Å²) in [5.74, 6) is 0.0867. The van der Waals surface area contributed by atoms with Gasteiger partial charge in [0.05, 0.1) is 5.56 Å². The van der Waals surface area contributed by atoms with Crippen molar-refractivity contribution in [2.45, 2.75) is 32.5 Å². The van der Waals surface area contributed by atoms with Gasteiger partial charge in [0.25, 0.3) is 5.91 Å². The standard InChI is InChI=1S/C18H18F3NO2/c1-3-15(24-16-10-5-4-7-12(16)2)17(23)22-14-9-6-8-13(11-14)18(19,20)21/h4-11,15H,3H2,1-2H3,(H,22,23)/t15-/m0/s1. The molecule has 128 valence electrons. The van der Waals surface area contributed by atoms with Crippen molar-refractivity contribution >= 4 is 11.6 Å². The van der Waals surface area contributed by atoms with E-state index >= 15 is 0 Å². The van der Waals surface area contributed by atoms with Gasteiger partial charge in [-0.05, 0) is 43.2 Å². The minimum Gasteiger partial charge on any atom is -0.480 e. The minimum absolute atomic E-state index is 0.0849. The maximum atomic E-state index is 12.7. The van der Waals surface area contributed by atoms with Crippen LogP contribution in [0, 0.1) is 6.92 Å². The molecule has 24 heavy (non-hydrogen) atoms. The number of amides is 1. The first-order chi connectivity index (χ1) is 11.3. The van der Waals surface area contributed by atoms with Crippen molar-refractivity contribution in [3.63, 3.8) is 0 Å². The average molecular weight is 337 g/mol. The first-order valence-corrected chi connectivity index (χ1v) is 7.51.